The molecule has 2 heteroatoms. The van der Waals surface area contributed by atoms with Gasteiger partial charge in [0.25, 0.3) is 0 Å². The molecule has 2 aliphatic rings. The molecule has 2 rings (SSSR count). The SMILES string of the molecule is CC1(C)CNC2(CC2)C1.Cl. The van der Waals surface area contributed by atoms with Gasteiger partial charge in [0.15, 0.2) is 0 Å². The minimum atomic E-state index is 0. The molecule has 0 aromatic rings. The van der Waals surface area contributed by atoms with Gasteiger partial charge in [0.1, 0.15) is 0 Å². The minimum absolute atomic E-state index is 0. The second-order valence-electron chi connectivity index (χ2n) is 4.47. The lowest BCUT2D eigenvalue weighted by Crippen LogP contribution is -2.22. The molecule has 1 spiro atoms. The first-order valence-electron chi connectivity index (χ1n) is 3.87. The van der Waals surface area contributed by atoms with Crippen molar-refractivity contribution < 1.29 is 0 Å². The van der Waals surface area contributed by atoms with Crippen LogP contribution in [0.2, 0.25) is 0 Å². The predicted molar refractivity (Wildman–Crippen MR) is 45.6 cm³/mol. The number of rotatable bonds is 0. The first-order valence-corrected chi connectivity index (χ1v) is 3.87. The summed E-state index contributed by atoms with van der Waals surface area (Å²) in [6.45, 7) is 5.94. The highest BCUT2D eigenvalue weighted by Gasteiger charge is 2.50. The van der Waals surface area contributed by atoms with Gasteiger partial charge in [0.2, 0.25) is 0 Å². The molecule has 0 amide bonds. The molecule has 1 aliphatic carbocycles. The Labute approximate surface area is 69.0 Å². The van der Waals surface area contributed by atoms with Crippen LogP contribution >= 0.6 is 12.4 Å². The van der Waals surface area contributed by atoms with Crippen molar-refractivity contribution in [1.82, 2.24) is 5.32 Å². The Bertz CT molecular complexity index is 134. The van der Waals surface area contributed by atoms with Crippen LogP contribution in [0.25, 0.3) is 0 Å². The van der Waals surface area contributed by atoms with Gasteiger partial charge < -0.3 is 5.32 Å². The summed E-state index contributed by atoms with van der Waals surface area (Å²) in [5.74, 6) is 0. The van der Waals surface area contributed by atoms with Gasteiger partial charge in [0.05, 0.1) is 0 Å². The van der Waals surface area contributed by atoms with E-state index in [1.165, 1.54) is 25.8 Å². The standard InChI is InChI=1S/C8H15N.ClH/c1-7(2)5-8(3-4-8)9-6-7;/h9H,3-6H2,1-2H3;1H. The summed E-state index contributed by atoms with van der Waals surface area (Å²) in [5, 5.41) is 3.60. The lowest BCUT2D eigenvalue weighted by Gasteiger charge is -2.14. The van der Waals surface area contributed by atoms with E-state index < -0.39 is 0 Å². The zero-order chi connectivity index (χ0) is 6.54. The molecule has 1 N–H and O–H groups in total. The second kappa shape index (κ2) is 2.12. The van der Waals surface area contributed by atoms with Crippen LogP contribution in [0, 0.1) is 5.41 Å². The third kappa shape index (κ3) is 1.30. The molecule has 1 saturated heterocycles. The van der Waals surface area contributed by atoms with Crippen molar-refractivity contribution in [3.05, 3.63) is 0 Å². The quantitative estimate of drug-likeness (QED) is 0.573. The van der Waals surface area contributed by atoms with Gasteiger partial charge in [-0.15, -0.1) is 12.4 Å². The predicted octanol–water partition coefficient (Wildman–Crippen LogP) is 1.96. The Morgan fingerprint density at radius 2 is 1.80 bits per heavy atom. The summed E-state index contributed by atoms with van der Waals surface area (Å²) < 4.78 is 0. The maximum absolute atomic E-state index is 3.60. The number of hydrogen-bond acceptors (Lipinski definition) is 1. The van der Waals surface area contributed by atoms with E-state index >= 15 is 0 Å². The Balaban J connectivity index is 0.000000500. The molecule has 0 atom stereocenters. The Kier molecular flexibility index (Phi) is 1.77. The molecule has 0 aromatic carbocycles. The molecule has 0 bridgehead atoms. The average Bonchev–Trinajstić information content (AvgIpc) is 2.36. The van der Waals surface area contributed by atoms with Crippen LogP contribution in [0.3, 0.4) is 0 Å². The molecule has 1 heterocycles. The topological polar surface area (TPSA) is 12.0 Å². The summed E-state index contributed by atoms with van der Waals surface area (Å²) in [5.41, 5.74) is 1.21. The first-order chi connectivity index (χ1) is 4.12. The van der Waals surface area contributed by atoms with E-state index in [0.29, 0.717) is 11.0 Å². The number of halogens is 1. The van der Waals surface area contributed by atoms with E-state index in [1.54, 1.807) is 0 Å². The van der Waals surface area contributed by atoms with Crippen LogP contribution in [0.5, 0.6) is 0 Å². The average molecular weight is 162 g/mol. The van der Waals surface area contributed by atoms with E-state index in [-0.39, 0.29) is 12.4 Å². The van der Waals surface area contributed by atoms with Crippen molar-refractivity contribution in [3.8, 4) is 0 Å². The largest absolute Gasteiger partial charge is 0.311 e. The molecule has 1 aliphatic heterocycles. The monoisotopic (exact) mass is 161 g/mol. The molecular formula is C8H16ClN. The molecule has 0 aromatic heterocycles. The van der Waals surface area contributed by atoms with Gasteiger partial charge >= 0.3 is 0 Å². The highest BCUT2D eigenvalue weighted by molar-refractivity contribution is 5.85. The van der Waals surface area contributed by atoms with E-state index in [0.717, 1.165) is 0 Å². The van der Waals surface area contributed by atoms with Crippen LogP contribution in [-0.2, 0) is 0 Å². The van der Waals surface area contributed by atoms with Crippen molar-refractivity contribution in [2.75, 3.05) is 6.54 Å². The maximum atomic E-state index is 3.60. The molecular weight excluding hydrogens is 146 g/mol. The third-order valence-electron chi connectivity index (χ3n) is 2.61. The van der Waals surface area contributed by atoms with Gasteiger partial charge in [-0.3, -0.25) is 0 Å². The molecule has 2 fully saturated rings. The summed E-state index contributed by atoms with van der Waals surface area (Å²) in [6, 6.07) is 0. The highest BCUT2D eigenvalue weighted by atomic mass is 35.5. The van der Waals surface area contributed by atoms with E-state index in [1.807, 2.05) is 0 Å². The zero-order valence-corrected chi connectivity index (χ0v) is 7.55. The first kappa shape index (κ1) is 8.35. The molecule has 1 saturated carbocycles. The Hall–Kier alpha value is 0.250. The summed E-state index contributed by atoms with van der Waals surface area (Å²) in [6.07, 6.45) is 4.26. The van der Waals surface area contributed by atoms with Crippen molar-refractivity contribution >= 4 is 12.4 Å². The van der Waals surface area contributed by atoms with Crippen molar-refractivity contribution in [2.45, 2.75) is 38.6 Å². The summed E-state index contributed by atoms with van der Waals surface area (Å²) in [4.78, 5) is 0. The lowest BCUT2D eigenvalue weighted by atomic mass is 9.90. The number of hydrogen-bond donors (Lipinski definition) is 1. The Morgan fingerprint density at radius 3 is 2.00 bits per heavy atom. The van der Waals surface area contributed by atoms with Gasteiger partial charge in [-0.2, -0.15) is 0 Å². The van der Waals surface area contributed by atoms with Crippen molar-refractivity contribution in [2.24, 2.45) is 5.41 Å². The van der Waals surface area contributed by atoms with Gasteiger partial charge in [0, 0.05) is 12.1 Å². The highest BCUT2D eigenvalue weighted by Crippen LogP contribution is 2.48. The van der Waals surface area contributed by atoms with Crippen LogP contribution in [0.15, 0.2) is 0 Å². The van der Waals surface area contributed by atoms with Crippen LogP contribution in [0.4, 0.5) is 0 Å². The summed E-state index contributed by atoms with van der Waals surface area (Å²) >= 11 is 0. The minimum Gasteiger partial charge on any atom is -0.311 e. The fourth-order valence-corrected chi connectivity index (χ4v) is 1.97. The normalized spacial score (nSPS) is 31.8. The molecule has 1 nitrogen and oxygen atoms in total. The second-order valence-corrected chi connectivity index (χ2v) is 4.47. The zero-order valence-electron chi connectivity index (χ0n) is 6.74. The van der Waals surface area contributed by atoms with Crippen LogP contribution < -0.4 is 5.32 Å². The van der Waals surface area contributed by atoms with Gasteiger partial charge in [-0.25, -0.2) is 0 Å². The van der Waals surface area contributed by atoms with Crippen molar-refractivity contribution in [1.29, 1.82) is 0 Å². The van der Waals surface area contributed by atoms with E-state index in [4.69, 9.17) is 0 Å². The van der Waals surface area contributed by atoms with Gasteiger partial charge in [-0.1, -0.05) is 13.8 Å². The number of nitrogens with one attached hydrogen (secondary N) is 1. The lowest BCUT2D eigenvalue weighted by molar-refractivity contribution is 0.398. The van der Waals surface area contributed by atoms with E-state index in [2.05, 4.69) is 19.2 Å². The molecule has 60 valence electrons. The van der Waals surface area contributed by atoms with E-state index in [9.17, 15) is 0 Å². The maximum Gasteiger partial charge on any atom is 0.0188 e. The summed E-state index contributed by atoms with van der Waals surface area (Å²) in [7, 11) is 0. The Morgan fingerprint density at radius 1 is 1.20 bits per heavy atom. The van der Waals surface area contributed by atoms with Gasteiger partial charge in [-0.05, 0) is 24.7 Å². The van der Waals surface area contributed by atoms with Crippen LogP contribution in [-0.4, -0.2) is 12.1 Å². The molecule has 0 radical (unpaired) electrons. The van der Waals surface area contributed by atoms with Crippen LogP contribution in [0.1, 0.15) is 33.1 Å². The molecule has 0 unspecified atom stereocenters. The fourth-order valence-electron chi connectivity index (χ4n) is 1.97. The molecule has 10 heavy (non-hydrogen) atoms. The fraction of sp³-hybridized carbons (Fsp3) is 1.00. The smallest absolute Gasteiger partial charge is 0.0188 e. The van der Waals surface area contributed by atoms with Crippen molar-refractivity contribution in [3.63, 3.8) is 0 Å². The third-order valence-corrected chi connectivity index (χ3v) is 2.61.